The molecule has 0 radical (unpaired) electrons. The fourth-order valence-corrected chi connectivity index (χ4v) is 2.37. The van der Waals surface area contributed by atoms with Crippen molar-refractivity contribution in [2.75, 3.05) is 7.11 Å². The van der Waals surface area contributed by atoms with Gasteiger partial charge in [0, 0.05) is 0 Å². The van der Waals surface area contributed by atoms with Crippen LogP contribution in [0.3, 0.4) is 0 Å². The summed E-state index contributed by atoms with van der Waals surface area (Å²) in [6.45, 7) is 2.02. The molecule has 0 amide bonds. The van der Waals surface area contributed by atoms with Crippen LogP contribution < -0.4 is 0 Å². The van der Waals surface area contributed by atoms with Crippen molar-refractivity contribution in [2.24, 2.45) is 5.92 Å². The van der Waals surface area contributed by atoms with Crippen molar-refractivity contribution in [1.82, 2.24) is 0 Å². The zero-order valence-electron chi connectivity index (χ0n) is 7.50. The average Bonchev–Trinajstić information content (AvgIpc) is 2.57. The van der Waals surface area contributed by atoms with Crippen LogP contribution in [0, 0.1) is 5.92 Å². The maximum Gasteiger partial charge on any atom is 0.311 e. The first kappa shape index (κ1) is 8.05. The van der Waals surface area contributed by atoms with Crippen LogP contribution in [0.5, 0.6) is 0 Å². The Morgan fingerprint density at radius 3 is 2.83 bits per heavy atom. The van der Waals surface area contributed by atoms with E-state index in [9.17, 15) is 4.79 Å². The van der Waals surface area contributed by atoms with Gasteiger partial charge in [0.25, 0.3) is 0 Å². The Labute approximate surface area is 72.0 Å². The SMILES string of the molecule is COC(=O)C1CC2CCC1(C)O2. The van der Waals surface area contributed by atoms with Gasteiger partial charge in [-0.15, -0.1) is 0 Å². The first-order chi connectivity index (χ1) is 5.65. The third-order valence-corrected chi connectivity index (χ3v) is 3.12. The van der Waals surface area contributed by atoms with Gasteiger partial charge in [-0.3, -0.25) is 4.79 Å². The second-order valence-electron chi connectivity index (χ2n) is 3.90. The van der Waals surface area contributed by atoms with Gasteiger partial charge in [0.15, 0.2) is 0 Å². The van der Waals surface area contributed by atoms with E-state index in [1.807, 2.05) is 6.92 Å². The number of hydrogen-bond acceptors (Lipinski definition) is 3. The molecule has 68 valence electrons. The Morgan fingerprint density at radius 1 is 1.67 bits per heavy atom. The maximum atomic E-state index is 11.3. The van der Waals surface area contributed by atoms with Crippen LogP contribution in [0.2, 0.25) is 0 Å². The summed E-state index contributed by atoms with van der Waals surface area (Å²) in [7, 11) is 1.44. The van der Waals surface area contributed by atoms with Gasteiger partial charge in [-0.1, -0.05) is 0 Å². The molecule has 2 aliphatic heterocycles. The van der Waals surface area contributed by atoms with Crippen LogP contribution in [-0.4, -0.2) is 24.8 Å². The van der Waals surface area contributed by atoms with Gasteiger partial charge in [-0.25, -0.2) is 0 Å². The smallest absolute Gasteiger partial charge is 0.311 e. The van der Waals surface area contributed by atoms with Crippen LogP contribution >= 0.6 is 0 Å². The summed E-state index contributed by atoms with van der Waals surface area (Å²) in [6.07, 6.45) is 3.25. The highest BCUT2D eigenvalue weighted by atomic mass is 16.5. The minimum Gasteiger partial charge on any atom is -0.469 e. The third kappa shape index (κ3) is 0.959. The number of carbonyl (C=O) groups is 1. The molecule has 2 rings (SSSR count). The van der Waals surface area contributed by atoms with Crippen molar-refractivity contribution in [2.45, 2.75) is 37.9 Å². The van der Waals surface area contributed by atoms with Crippen molar-refractivity contribution in [3.8, 4) is 0 Å². The molecule has 3 nitrogen and oxygen atoms in total. The van der Waals surface area contributed by atoms with Crippen molar-refractivity contribution in [3.05, 3.63) is 0 Å². The van der Waals surface area contributed by atoms with Crippen LogP contribution in [-0.2, 0) is 14.3 Å². The minimum atomic E-state index is -0.224. The highest BCUT2D eigenvalue weighted by Gasteiger charge is 2.53. The third-order valence-electron chi connectivity index (χ3n) is 3.12. The predicted molar refractivity (Wildman–Crippen MR) is 42.6 cm³/mol. The highest BCUT2D eigenvalue weighted by Crippen LogP contribution is 2.47. The zero-order valence-corrected chi connectivity index (χ0v) is 7.50. The Kier molecular flexibility index (Phi) is 1.65. The molecule has 12 heavy (non-hydrogen) atoms. The molecule has 0 aliphatic carbocycles. The molecule has 2 aliphatic rings. The van der Waals surface area contributed by atoms with Gasteiger partial charge in [-0.05, 0) is 26.2 Å². The van der Waals surface area contributed by atoms with E-state index in [1.54, 1.807) is 0 Å². The number of esters is 1. The second kappa shape index (κ2) is 2.46. The zero-order chi connectivity index (χ0) is 8.77. The molecule has 2 bridgehead atoms. The topological polar surface area (TPSA) is 35.5 Å². The van der Waals surface area contributed by atoms with Crippen molar-refractivity contribution in [3.63, 3.8) is 0 Å². The van der Waals surface area contributed by atoms with Gasteiger partial charge >= 0.3 is 5.97 Å². The Balaban J connectivity index is 2.14. The van der Waals surface area contributed by atoms with Crippen molar-refractivity contribution < 1.29 is 14.3 Å². The summed E-state index contributed by atoms with van der Waals surface area (Å²) >= 11 is 0. The molecule has 0 spiro atoms. The van der Waals surface area contributed by atoms with Crippen LogP contribution in [0.1, 0.15) is 26.2 Å². The van der Waals surface area contributed by atoms with E-state index < -0.39 is 0 Å². The second-order valence-corrected chi connectivity index (χ2v) is 3.90. The molecule has 0 N–H and O–H groups in total. The van der Waals surface area contributed by atoms with Gasteiger partial charge in [0.1, 0.15) is 0 Å². The van der Waals surface area contributed by atoms with E-state index in [0.29, 0.717) is 6.10 Å². The summed E-state index contributed by atoms with van der Waals surface area (Å²) in [5.41, 5.74) is -0.224. The molecule has 0 saturated carbocycles. The quantitative estimate of drug-likeness (QED) is 0.553. The summed E-state index contributed by atoms with van der Waals surface area (Å²) in [4.78, 5) is 11.3. The summed E-state index contributed by atoms with van der Waals surface area (Å²) in [6, 6.07) is 0. The molecule has 3 unspecified atom stereocenters. The highest BCUT2D eigenvalue weighted by molar-refractivity contribution is 5.74. The van der Waals surface area contributed by atoms with Crippen LogP contribution in [0.15, 0.2) is 0 Å². The molecule has 0 aromatic heterocycles. The summed E-state index contributed by atoms with van der Waals surface area (Å²) < 4.78 is 10.4. The number of ether oxygens (including phenoxy) is 2. The molecule has 2 saturated heterocycles. The molecular formula is C9H14O3. The minimum absolute atomic E-state index is 0.0266. The lowest BCUT2D eigenvalue weighted by Crippen LogP contribution is -2.36. The lowest BCUT2D eigenvalue weighted by atomic mass is 9.80. The number of hydrogen-bond donors (Lipinski definition) is 0. The fourth-order valence-electron chi connectivity index (χ4n) is 2.37. The van der Waals surface area contributed by atoms with E-state index >= 15 is 0 Å². The van der Waals surface area contributed by atoms with Gasteiger partial charge < -0.3 is 9.47 Å². The average molecular weight is 170 g/mol. The molecular weight excluding hydrogens is 156 g/mol. The Morgan fingerprint density at radius 2 is 2.42 bits per heavy atom. The van der Waals surface area contributed by atoms with E-state index in [1.165, 1.54) is 7.11 Å². The number of methoxy groups -OCH3 is 1. The molecule has 0 aromatic rings. The molecule has 2 fully saturated rings. The Hall–Kier alpha value is -0.570. The van der Waals surface area contributed by atoms with Crippen LogP contribution in [0.25, 0.3) is 0 Å². The first-order valence-electron chi connectivity index (χ1n) is 4.41. The largest absolute Gasteiger partial charge is 0.469 e. The van der Waals surface area contributed by atoms with E-state index in [4.69, 9.17) is 9.47 Å². The van der Waals surface area contributed by atoms with Crippen molar-refractivity contribution in [1.29, 1.82) is 0 Å². The van der Waals surface area contributed by atoms with Gasteiger partial charge in [0.2, 0.25) is 0 Å². The van der Waals surface area contributed by atoms with Gasteiger partial charge in [0.05, 0.1) is 24.7 Å². The molecule has 3 heteroatoms. The number of carbonyl (C=O) groups excluding carboxylic acids is 1. The van der Waals surface area contributed by atoms with Crippen molar-refractivity contribution >= 4 is 5.97 Å². The lowest BCUT2D eigenvalue weighted by molar-refractivity contribution is -0.150. The summed E-state index contributed by atoms with van der Waals surface area (Å²) in [5.74, 6) is -0.138. The maximum absolute atomic E-state index is 11.3. The lowest BCUT2D eigenvalue weighted by Gasteiger charge is -2.26. The predicted octanol–water partition coefficient (Wildman–Crippen LogP) is 1.12. The number of rotatable bonds is 1. The van der Waals surface area contributed by atoms with E-state index in [0.717, 1.165) is 19.3 Å². The molecule has 2 heterocycles. The van der Waals surface area contributed by atoms with Gasteiger partial charge in [-0.2, -0.15) is 0 Å². The standard InChI is InChI=1S/C9H14O3/c1-9-4-3-6(12-9)5-7(9)8(10)11-2/h6-7H,3-5H2,1-2H3. The normalized spacial score (nSPS) is 44.8. The Bertz CT molecular complexity index is 214. The molecule has 3 atom stereocenters. The first-order valence-corrected chi connectivity index (χ1v) is 4.41. The van der Waals surface area contributed by atoms with E-state index in [-0.39, 0.29) is 17.5 Å². The fraction of sp³-hybridized carbons (Fsp3) is 0.889. The number of fused-ring (bicyclic) bond motifs is 2. The monoisotopic (exact) mass is 170 g/mol. The van der Waals surface area contributed by atoms with Crippen LogP contribution in [0.4, 0.5) is 0 Å². The van der Waals surface area contributed by atoms with E-state index in [2.05, 4.69) is 0 Å². The molecule has 0 aromatic carbocycles. The summed E-state index contributed by atoms with van der Waals surface area (Å²) in [5, 5.41) is 0.